The molecular formula is C12H6F5NO2S. The minimum atomic E-state index is -4.41. The Labute approximate surface area is 116 Å². The molecule has 0 spiro atoms. The highest BCUT2D eigenvalue weighted by molar-refractivity contribution is 7.92. The first-order valence-electron chi connectivity index (χ1n) is 5.33. The molecule has 0 aliphatic heterocycles. The van der Waals surface area contributed by atoms with Crippen LogP contribution in [0.3, 0.4) is 0 Å². The van der Waals surface area contributed by atoms with Gasteiger partial charge in [0.1, 0.15) is 0 Å². The highest BCUT2D eigenvalue weighted by Gasteiger charge is 2.19. The summed E-state index contributed by atoms with van der Waals surface area (Å²) in [7, 11) is -4.41. The van der Waals surface area contributed by atoms with E-state index in [9.17, 15) is 30.4 Å². The molecule has 0 aromatic heterocycles. The van der Waals surface area contributed by atoms with Crippen molar-refractivity contribution in [3.05, 3.63) is 59.4 Å². The molecule has 0 aliphatic carbocycles. The normalized spacial score (nSPS) is 11.5. The Hall–Kier alpha value is -2.16. The minimum absolute atomic E-state index is 0.397. The van der Waals surface area contributed by atoms with E-state index in [4.69, 9.17) is 0 Å². The molecule has 2 aromatic rings. The summed E-state index contributed by atoms with van der Waals surface area (Å²) in [5, 5.41) is 0. The fourth-order valence-corrected chi connectivity index (χ4v) is 2.52. The van der Waals surface area contributed by atoms with Gasteiger partial charge < -0.3 is 0 Å². The summed E-state index contributed by atoms with van der Waals surface area (Å²) in [6.07, 6.45) is 0. The fraction of sp³-hybridized carbons (Fsp3) is 0. The Morgan fingerprint density at radius 2 is 1.33 bits per heavy atom. The minimum Gasteiger partial charge on any atom is -0.279 e. The quantitative estimate of drug-likeness (QED) is 0.696. The van der Waals surface area contributed by atoms with Crippen molar-refractivity contribution < 1.29 is 30.4 Å². The van der Waals surface area contributed by atoms with Gasteiger partial charge in [0.2, 0.25) is 0 Å². The van der Waals surface area contributed by atoms with E-state index in [1.54, 1.807) is 4.72 Å². The highest BCUT2D eigenvalue weighted by Crippen LogP contribution is 2.21. The summed E-state index contributed by atoms with van der Waals surface area (Å²) in [5.41, 5.74) is -0.601. The van der Waals surface area contributed by atoms with Crippen molar-refractivity contribution in [1.29, 1.82) is 0 Å². The lowest BCUT2D eigenvalue weighted by Gasteiger charge is -2.09. The maximum atomic E-state index is 13.0. The van der Waals surface area contributed by atoms with E-state index >= 15 is 0 Å². The second-order valence-corrected chi connectivity index (χ2v) is 5.62. The summed E-state index contributed by atoms with van der Waals surface area (Å²) in [4.78, 5) is -0.661. The Morgan fingerprint density at radius 3 is 1.86 bits per heavy atom. The molecule has 9 heteroatoms. The van der Waals surface area contributed by atoms with Gasteiger partial charge in [0.05, 0.1) is 10.6 Å². The van der Waals surface area contributed by atoms with E-state index in [1.165, 1.54) is 0 Å². The molecule has 2 aromatic carbocycles. The van der Waals surface area contributed by atoms with Crippen molar-refractivity contribution in [2.45, 2.75) is 4.90 Å². The molecule has 0 unspecified atom stereocenters. The van der Waals surface area contributed by atoms with Crippen molar-refractivity contribution >= 4 is 15.7 Å². The van der Waals surface area contributed by atoms with Gasteiger partial charge in [0.15, 0.2) is 29.1 Å². The zero-order chi connectivity index (χ0) is 15.8. The number of halogens is 5. The fourth-order valence-electron chi connectivity index (χ4n) is 1.47. The first kappa shape index (κ1) is 15.2. The summed E-state index contributed by atoms with van der Waals surface area (Å²) >= 11 is 0. The number of nitrogens with one attached hydrogen (secondary N) is 1. The maximum absolute atomic E-state index is 13.0. The number of hydrogen-bond donors (Lipinski definition) is 1. The Morgan fingerprint density at radius 1 is 0.762 bits per heavy atom. The van der Waals surface area contributed by atoms with Crippen LogP contribution in [-0.4, -0.2) is 8.42 Å². The molecule has 0 radical (unpaired) electrons. The van der Waals surface area contributed by atoms with Gasteiger partial charge >= 0.3 is 0 Å². The first-order valence-corrected chi connectivity index (χ1v) is 6.81. The molecule has 0 heterocycles. The zero-order valence-corrected chi connectivity index (χ0v) is 10.8. The molecule has 2 rings (SSSR count). The number of sulfonamides is 1. The van der Waals surface area contributed by atoms with E-state index in [2.05, 4.69) is 0 Å². The predicted molar refractivity (Wildman–Crippen MR) is 63.5 cm³/mol. The largest absolute Gasteiger partial charge is 0.279 e. The van der Waals surface area contributed by atoms with Crippen LogP contribution in [0.25, 0.3) is 0 Å². The van der Waals surface area contributed by atoms with Gasteiger partial charge in [-0.2, -0.15) is 0 Å². The lowest BCUT2D eigenvalue weighted by molar-refractivity contribution is 0.448. The van der Waals surface area contributed by atoms with Crippen molar-refractivity contribution in [3.8, 4) is 0 Å². The van der Waals surface area contributed by atoms with Gasteiger partial charge in [-0.25, -0.2) is 30.4 Å². The molecule has 0 amide bonds. The Kier molecular flexibility index (Phi) is 3.86. The molecule has 0 aliphatic rings. The van der Waals surface area contributed by atoms with Crippen LogP contribution in [0.2, 0.25) is 0 Å². The Balaban J connectivity index is 2.39. The van der Waals surface area contributed by atoms with Gasteiger partial charge in [-0.1, -0.05) is 0 Å². The number of benzene rings is 2. The number of hydrogen-bond acceptors (Lipinski definition) is 2. The zero-order valence-electron chi connectivity index (χ0n) is 10.0. The first-order chi connectivity index (χ1) is 9.70. The lowest BCUT2D eigenvalue weighted by atomic mass is 10.3. The average molecular weight is 323 g/mol. The van der Waals surface area contributed by atoms with Crippen molar-refractivity contribution in [2.75, 3.05) is 4.72 Å². The molecule has 112 valence electrons. The number of rotatable bonds is 3. The third kappa shape index (κ3) is 3.13. The standard InChI is InChI=1S/C12H6F5NO2S/c13-8-2-1-7(5-9(8)14)21(19,20)18-6-3-10(15)12(17)11(16)4-6/h1-5,18H. The van der Waals surface area contributed by atoms with Crippen molar-refractivity contribution in [3.63, 3.8) is 0 Å². The third-order valence-corrected chi connectivity index (χ3v) is 3.82. The van der Waals surface area contributed by atoms with Crippen molar-refractivity contribution in [1.82, 2.24) is 0 Å². The van der Waals surface area contributed by atoms with E-state index in [-0.39, 0.29) is 0 Å². The number of anilines is 1. The van der Waals surface area contributed by atoms with Gasteiger partial charge in [-0.15, -0.1) is 0 Å². The van der Waals surface area contributed by atoms with Crippen LogP contribution in [0.4, 0.5) is 27.6 Å². The molecule has 3 nitrogen and oxygen atoms in total. The molecule has 0 fully saturated rings. The molecule has 0 bridgehead atoms. The van der Waals surface area contributed by atoms with Crippen LogP contribution in [0.5, 0.6) is 0 Å². The lowest BCUT2D eigenvalue weighted by Crippen LogP contribution is -2.14. The molecule has 0 saturated heterocycles. The summed E-state index contributed by atoms with van der Waals surface area (Å²) < 4.78 is 89.8. The van der Waals surface area contributed by atoms with Gasteiger partial charge in [-0.05, 0) is 18.2 Å². The maximum Gasteiger partial charge on any atom is 0.262 e. The van der Waals surface area contributed by atoms with Crippen LogP contribution in [-0.2, 0) is 10.0 Å². The van der Waals surface area contributed by atoms with Crippen LogP contribution in [0, 0.1) is 29.1 Å². The average Bonchev–Trinajstić information content (AvgIpc) is 2.38. The van der Waals surface area contributed by atoms with Crippen LogP contribution in [0.15, 0.2) is 35.2 Å². The second-order valence-electron chi connectivity index (χ2n) is 3.94. The molecular weight excluding hydrogens is 317 g/mol. The Bertz CT molecular complexity index is 784. The monoisotopic (exact) mass is 323 g/mol. The van der Waals surface area contributed by atoms with Gasteiger partial charge in [0.25, 0.3) is 10.0 Å². The van der Waals surface area contributed by atoms with E-state index in [1.807, 2.05) is 0 Å². The summed E-state index contributed by atoms with van der Waals surface area (Å²) in [6.45, 7) is 0. The topological polar surface area (TPSA) is 46.2 Å². The SMILES string of the molecule is O=S(=O)(Nc1cc(F)c(F)c(F)c1)c1ccc(F)c(F)c1. The second kappa shape index (κ2) is 5.32. The van der Waals surface area contributed by atoms with E-state index in [0.29, 0.717) is 24.3 Å². The van der Waals surface area contributed by atoms with Crippen LogP contribution >= 0.6 is 0 Å². The van der Waals surface area contributed by atoms with Crippen LogP contribution in [0.1, 0.15) is 0 Å². The smallest absolute Gasteiger partial charge is 0.262 e. The van der Waals surface area contributed by atoms with Gasteiger partial charge in [-0.3, -0.25) is 4.72 Å². The summed E-state index contributed by atoms with van der Waals surface area (Å²) in [6, 6.07) is 2.56. The van der Waals surface area contributed by atoms with Gasteiger partial charge in [0, 0.05) is 12.1 Å². The van der Waals surface area contributed by atoms with Crippen molar-refractivity contribution in [2.24, 2.45) is 0 Å². The van der Waals surface area contributed by atoms with E-state index < -0.39 is 49.7 Å². The third-order valence-electron chi connectivity index (χ3n) is 2.44. The van der Waals surface area contributed by atoms with Crippen LogP contribution < -0.4 is 4.72 Å². The summed E-state index contributed by atoms with van der Waals surface area (Å²) in [5.74, 6) is -7.62. The molecule has 21 heavy (non-hydrogen) atoms. The molecule has 1 N–H and O–H groups in total. The highest BCUT2D eigenvalue weighted by atomic mass is 32.2. The molecule has 0 atom stereocenters. The predicted octanol–water partition coefficient (Wildman–Crippen LogP) is 3.18. The van der Waals surface area contributed by atoms with E-state index in [0.717, 1.165) is 6.07 Å². The molecule has 0 saturated carbocycles.